The summed E-state index contributed by atoms with van der Waals surface area (Å²) in [4.78, 5) is 11.3. The van der Waals surface area contributed by atoms with Gasteiger partial charge in [0, 0.05) is 24.5 Å². The summed E-state index contributed by atoms with van der Waals surface area (Å²) in [6.07, 6.45) is 7.62. The molecular weight excluding hydrogens is 447 g/mol. The van der Waals surface area contributed by atoms with Gasteiger partial charge in [0.15, 0.2) is 6.29 Å². The third-order valence-electron chi connectivity index (χ3n) is 5.82. The average Bonchev–Trinajstić information content (AvgIpc) is 2.80. The van der Waals surface area contributed by atoms with E-state index in [-0.39, 0.29) is 12.5 Å². The zero-order chi connectivity index (χ0) is 23.1. The molecule has 0 aliphatic heterocycles. The zero-order valence-electron chi connectivity index (χ0n) is 18.6. The van der Waals surface area contributed by atoms with Gasteiger partial charge in [-0.3, -0.25) is 4.79 Å². The van der Waals surface area contributed by atoms with Crippen LogP contribution in [0.1, 0.15) is 34.8 Å². The molecule has 6 heteroatoms. The number of halogens is 2. The summed E-state index contributed by atoms with van der Waals surface area (Å²) in [5, 5.41) is 0.339. The lowest BCUT2D eigenvalue weighted by molar-refractivity contribution is -0.0591. The third kappa shape index (κ3) is 5.20. The predicted octanol–water partition coefficient (Wildman–Crippen LogP) is 6.52. The van der Waals surface area contributed by atoms with Crippen molar-refractivity contribution < 1.29 is 19.0 Å². The second-order valence-electron chi connectivity index (χ2n) is 7.79. The average molecular weight is 475 g/mol. The normalized spacial score (nSPS) is 20.0. The Balaban J connectivity index is 1.92. The van der Waals surface area contributed by atoms with Crippen molar-refractivity contribution in [1.82, 2.24) is 0 Å². The molecule has 3 rings (SSSR count). The Morgan fingerprint density at radius 1 is 1.19 bits per heavy atom. The van der Waals surface area contributed by atoms with E-state index >= 15 is 0 Å². The van der Waals surface area contributed by atoms with Gasteiger partial charge in [0.2, 0.25) is 0 Å². The molecule has 0 saturated heterocycles. The van der Waals surface area contributed by atoms with Crippen LogP contribution in [0.25, 0.3) is 5.57 Å². The Labute approximate surface area is 199 Å². The molecule has 32 heavy (non-hydrogen) atoms. The minimum Gasteiger partial charge on any atom is -0.496 e. The van der Waals surface area contributed by atoms with Crippen molar-refractivity contribution in [3.8, 4) is 11.5 Å². The standard InChI is InChI=1S/C26H28Cl2O4/c1-18-8-4-5-9-21(18)22-10-6-11-26(19(22)2,32-13-7-12-27)17-31-25-15-24(30-3)20(16-29)14-23(25)28/h4-6,8-11,14-16,19H,7,12-13,17H2,1-3H3. The first-order valence-corrected chi connectivity index (χ1v) is 11.5. The topological polar surface area (TPSA) is 44.8 Å². The Bertz CT molecular complexity index is 1010. The minimum absolute atomic E-state index is 0.0128. The molecule has 0 spiro atoms. The van der Waals surface area contributed by atoms with E-state index < -0.39 is 5.60 Å². The summed E-state index contributed by atoms with van der Waals surface area (Å²) in [7, 11) is 1.50. The van der Waals surface area contributed by atoms with E-state index in [0.29, 0.717) is 40.9 Å². The molecule has 0 bridgehead atoms. The van der Waals surface area contributed by atoms with Crippen molar-refractivity contribution in [3.63, 3.8) is 0 Å². The van der Waals surface area contributed by atoms with E-state index in [4.69, 9.17) is 37.4 Å². The second kappa shape index (κ2) is 11.0. The molecule has 1 aliphatic rings. The lowest BCUT2D eigenvalue weighted by Crippen LogP contribution is -2.45. The maximum Gasteiger partial charge on any atom is 0.153 e. The highest BCUT2D eigenvalue weighted by Gasteiger charge is 2.40. The highest BCUT2D eigenvalue weighted by molar-refractivity contribution is 6.32. The van der Waals surface area contributed by atoms with Crippen molar-refractivity contribution in [1.29, 1.82) is 0 Å². The largest absolute Gasteiger partial charge is 0.496 e. The van der Waals surface area contributed by atoms with Crippen molar-refractivity contribution in [2.75, 3.05) is 26.2 Å². The third-order valence-corrected chi connectivity index (χ3v) is 6.39. The summed E-state index contributed by atoms with van der Waals surface area (Å²) in [5.41, 5.74) is 3.23. The number of carbonyl (C=O) groups excluding carboxylic acids is 1. The van der Waals surface area contributed by atoms with Gasteiger partial charge < -0.3 is 14.2 Å². The Hall–Kier alpha value is -2.27. The number of allylic oxidation sites excluding steroid dienone is 2. The number of aldehydes is 1. The van der Waals surface area contributed by atoms with Crippen LogP contribution in [0.15, 0.2) is 54.6 Å². The van der Waals surface area contributed by atoms with Crippen LogP contribution in [0.3, 0.4) is 0 Å². The molecule has 0 saturated carbocycles. The molecule has 0 fully saturated rings. The fourth-order valence-corrected chi connectivity index (χ4v) is 4.25. The van der Waals surface area contributed by atoms with Gasteiger partial charge in [0.25, 0.3) is 0 Å². The molecule has 4 nitrogen and oxygen atoms in total. The maximum absolute atomic E-state index is 11.3. The molecule has 170 valence electrons. The van der Waals surface area contributed by atoms with Crippen LogP contribution >= 0.6 is 23.2 Å². The first kappa shape index (κ1) is 24.4. The van der Waals surface area contributed by atoms with Gasteiger partial charge in [-0.05, 0) is 42.2 Å². The second-order valence-corrected chi connectivity index (χ2v) is 8.58. The van der Waals surface area contributed by atoms with Crippen LogP contribution < -0.4 is 9.47 Å². The lowest BCUT2D eigenvalue weighted by atomic mass is 9.76. The summed E-state index contributed by atoms with van der Waals surface area (Å²) in [6.45, 7) is 4.99. The maximum atomic E-state index is 11.3. The van der Waals surface area contributed by atoms with Crippen molar-refractivity contribution in [3.05, 3.63) is 76.3 Å². The van der Waals surface area contributed by atoms with Gasteiger partial charge in [-0.2, -0.15) is 0 Å². The summed E-state index contributed by atoms with van der Waals surface area (Å²) < 4.78 is 17.9. The van der Waals surface area contributed by atoms with Crippen LogP contribution in [0.2, 0.25) is 5.02 Å². The van der Waals surface area contributed by atoms with Gasteiger partial charge in [0.1, 0.15) is 23.7 Å². The van der Waals surface area contributed by atoms with Gasteiger partial charge in [-0.25, -0.2) is 0 Å². The summed E-state index contributed by atoms with van der Waals surface area (Å²) >= 11 is 12.3. The van der Waals surface area contributed by atoms with Gasteiger partial charge >= 0.3 is 0 Å². The summed E-state index contributed by atoms with van der Waals surface area (Å²) in [6, 6.07) is 11.5. The smallest absolute Gasteiger partial charge is 0.153 e. The van der Waals surface area contributed by atoms with Crippen LogP contribution in [0.5, 0.6) is 11.5 Å². The number of carbonyl (C=O) groups is 1. The monoisotopic (exact) mass is 474 g/mol. The molecule has 2 atom stereocenters. The Kier molecular flexibility index (Phi) is 8.41. The molecule has 0 radical (unpaired) electrons. The van der Waals surface area contributed by atoms with Crippen molar-refractivity contribution >= 4 is 35.1 Å². The number of methoxy groups -OCH3 is 1. The number of rotatable bonds is 10. The van der Waals surface area contributed by atoms with Crippen LogP contribution in [-0.2, 0) is 4.74 Å². The fraction of sp³-hybridized carbons (Fsp3) is 0.346. The van der Waals surface area contributed by atoms with E-state index in [1.165, 1.54) is 23.8 Å². The molecule has 1 aliphatic carbocycles. The van der Waals surface area contributed by atoms with Crippen molar-refractivity contribution in [2.24, 2.45) is 5.92 Å². The highest BCUT2D eigenvalue weighted by Crippen LogP contribution is 2.41. The summed E-state index contributed by atoms with van der Waals surface area (Å²) in [5.74, 6) is 1.37. The predicted molar refractivity (Wildman–Crippen MR) is 130 cm³/mol. The molecule has 0 aromatic heterocycles. The fourth-order valence-electron chi connectivity index (χ4n) is 3.91. The minimum atomic E-state index is -0.710. The molecule has 2 aromatic carbocycles. The van der Waals surface area contributed by atoms with Gasteiger partial charge in [-0.1, -0.05) is 54.9 Å². The van der Waals surface area contributed by atoms with Gasteiger partial charge in [-0.15, -0.1) is 11.6 Å². The SMILES string of the molecule is COc1cc(OCC2(OCCCCl)C=CC=C(c3ccccc3C)C2C)c(Cl)cc1C=O. The molecular formula is C26H28Cl2O4. The molecule has 2 unspecified atom stereocenters. The van der Waals surface area contributed by atoms with Gasteiger partial charge in [0.05, 0.1) is 17.7 Å². The van der Waals surface area contributed by atoms with E-state index in [1.54, 1.807) is 12.1 Å². The Morgan fingerprint density at radius 2 is 1.97 bits per heavy atom. The van der Waals surface area contributed by atoms with Crippen molar-refractivity contribution in [2.45, 2.75) is 25.9 Å². The first-order valence-electron chi connectivity index (χ1n) is 10.6. The first-order chi connectivity index (χ1) is 15.5. The number of hydrogen-bond donors (Lipinski definition) is 0. The number of ether oxygens (including phenoxy) is 3. The molecule has 0 heterocycles. The van der Waals surface area contributed by atoms with Crippen LogP contribution in [0.4, 0.5) is 0 Å². The lowest BCUT2D eigenvalue weighted by Gasteiger charge is -2.40. The number of aryl methyl sites for hydroxylation is 1. The van der Waals surface area contributed by atoms with E-state index in [2.05, 4.69) is 32.1 Å². The molecule has 0 amide bonds. The Morgan fingerprint density at radius 3 is 2.66 bits per heavy atom. The number of hydrogen-bond acceptors (Lipinski definition) is 4. The molecule has 2 aromatic rings. The molecule has 0 N–H and O–H groups in total. The van der Waals surface area contributed by atoms with E-state index in [9.17, 15) is 4.79 Å². The number of benzene rings is 2. The van der Waals surface area contributed by atoms with E-state index in [1.807, 2.05) is 24.3 Å². The highest BCUT2D eigenvalue weighted by atomic mass is 35.5. The van der Waals surface area contributed by atoms with Crippen LogP contribution in [0, 0.1) is 12.8 Å². The number of alkyl halides is 1. The van der Waals surface area contributed by atoms with E-state index in [0.717, 1.165) is 6.42 Å². The zero-order valence-corrected chi connectivity index (χ0v) is 20.1. The quantitative estimate of drug-likeness (QED) is 0.223. The van der Waals surface area contributed by atoms with Crippen LogP contribution in [-0.4, -0.2) is 38.1 Å².